The summed E-state index contributed by atoms with van der Waals surface area (Å²) in [6.45, 7) is 6.69. The van der Waals surface area contributed by atoms with Crippen LogP contribution in [0.25, 0.3) is 0 Å². The molecule has 0 bridgehead atoms. The zero-order chi connectivity index (χ0) is 13.7. The summed E-state index contributed by atoms with van der Waals surface area (Å²) in [5.41, 5.74) is 0. The van der Waals surface area contributed by atoms with Gasteiger partial charge in [0.2, 0.25) is 5.91 Å². The second-order valence-electron chi connectivity index (χ2n) is 5.13. The van der Waals surface area contributed by atoms with Crippen molar-refractivity contribution in [2.45, 2.75) is 52.2 Å². The maximum Gasteiger partial charge on any atom is 0.307 e. The van der Waals surface area contributed by atoms with Gasteiger partial charge in [-0.1, -0.05) is 20.8 Å². The number of esters is 1. The lowest BCUT2D eigenvalue weighted by Crippen LogP contribution is -2.39. The number of ether oxygens (including phenoxy) is 1. The van der Waals surface area contributed by atoms with Gasteiger partial charge in [0.05, 0.1) is 25.7 Å². The average Bonchev–Trinajstić information content (AvgIpc) is 2.62. The van der Waals surface area contributed by atoms with E-state index in [2.05, 4.69) is 23.9 Å². The third-order valence-electron chi connectivity index (χ3n) is 3.24. The summed E-state index contributed by atoms with van der Waals surface area (Å²) in [6.07, 6.45) is 1.99. The molecule has 0 aromatic carbocycles. The molecule has 1 aliphatic heterocycles. The molecule has 104 valence electrons. The summed E-state index contributed by atoms with van der Waals surface area (Å²) in [5.74, 6) is 0.338. The molecule has 1 rings (SSSR count). The molecule has 0 radical (unpaired) electrons. The Morgan fingerprint density at radius 3 is 2.67 bits per heavy atom. The fourth-order valence-corrected chi connectivity index (χ4v) is 2.26. The number of carbonyl (C=O) groups excluding carboxylic acids is 2. The first-order valence-corrected chi connectivity index (χ1v) is 6.62. The van der Waals surface area contributed by atoms with E-state index in [1.807, 2.05) is 6.92 Å². The van der Waals surface area contributed by atoms with E-state index in [1.54, 1.807) is 4.90 Å². The van der Waals surface area contributed by atoms with Crippen LogP contribution < -0.4 is 5.32 Å². The highest BCUT2D eigenvalue weighted by molar-refractivity contribution is 5.84. The van der Waals surface area contributed by atoms with Gasteiger partial charge in [-0.3, -0.25) is 14.9 Å². The van der Waals surface area contributed by atoms with E-state index in [-0.39, 0.29) is 30.5 Å². The van der Waals surface area contributed by atoms with Crippen molar-refractivity contribution in [1.82, 2.24) is 10.2 Å². The summed E-state index contributed by atoms with van der Waals surface area (Å²) >= 11 is 0. The number of rotatable bonds is 6. The average molecular weight is 256 g/mol. The molecule has 1 aliphatic rings. The van der Waals surface area contributed by atoms with Crippen LogP contribution in [0.4, 0.5) is 0 Å². The van der Waals surface area contributed by atoms with Crippen LogP contribution in [0.5, 0.6) is 0 Å². The standard InChI is InChI=1S/C13H24N2O3/c1-5-10-13(17)15(7-6-12(16)18-4)11(14-10)8-9(2)3/h9-11,14H,5-8H2,1-4H3. The minimum Gasteiger partial charge on any atom is -0.469 e. The molecular weight excluding hydrogens is 232 g/mol. The molecule has 1 N–H and O–H groups in total. The maximum atomic E-state index is 12.1. The van der Waals surface area contributed by atoms with Crippen molar-refractivity contribution in [3.63, 3.8) is 0 Å². The smallest absolute Gasteiger partial charge is 0.307 e. The number of amides is 1. The van der Waals surface area contributed by atoms with Crippen molar-refractivity contribution in [1.29, 1.82) is 0 Å². The Hall–Kier alpha value is -1.10. The van der Waals surface area contributed by atoms with Crippen LogP contribution in [0, 0.1) is 5.92 Å². The Kier molecular flexibility index (Phi) is 5.59. The molecule has 18 heavy (non-hydrogen) atoms. The molecule has 0 aliphatic carbocycles. The van der Waals surface area contributed by atoms with Crippen molar-refractivity contribution in [2.75, 3.05) is 13.7 Å². The molecule has 1 amide bonds. The van der Waals surface area contributed by atoms with E-state index in [4.69, 9.17) is 0 Å². The van der Waals surface area contributed by atoms with Gasteiger partial charge in [0.1, 0.15) is 0 Å². The highest BCUT2D eigenvalue weighted by Crippen LogP contribution is 2.19. The van der Waals surface area contributed by atoms with Gasteiger partial charge in [-0.2, -0.15) is 0 Å². The molecule has 0 aromatic heterocycles. The van der Waals surface area contributed by atoms with Gasteiger partial charge in [-0.05, 0) is 18.8 Å². The Morgan fingerprint density at radius 2 is 2.17 bits per heavy atom. The third-order valence-corrected chi connectivity index (χ3v) is 3.24. The number of hydrogen-bond acceptors (Lipinski definition) is 4. The van der Waals surface area contributed by atoms with Crippen molar-refractivity contribution < 1.29 is 14.3 Å². The largest absolute Gasteiger partial charge is 0.469 e. The van der Waals surface area contributed by atoms with Crippen molar-refractivity contribution in [3.05, 3.63) is 0 Å². The third kappa shape index (κ3) is 3.70. The summed E-state index contributed by atoms with van der Waals surface area (Å²) in [4.78, 5) is 25.1. The lowest BCUT2D eigenvalue weighted by molar-refractivity contribution is -0.141. The van der Waals surface area contributed by atoms with Crippen LogP contribution in [-0.4, -0.2) is 42.6 Å². The van der Waals surface area contributed by atoms with Crippen LogP contribution in [-0.2, 0) is 14.3 Å². The summed E-state index contributed by atoms with van der Waals surface area (Å²) in [7, 11) is 1.37. The van der Waals surface area contributed by atoms with E-state index in [0.29, 0.717) is 12.5 Å². The molecule has 2 atom stereocenters. The second-order valence-corrected chi connectivity index (χ2v) is 5.13. The Labute approximate surface area is 109 Å². The topological polar surface area (TPSA) is 58.6 Å². The van der Waals surface area contributed by atoms with Crippen molar-refractivity contribution in [2.24, 2.45) is 5.92 Å². The Bertz CT molecular complexity index is 305. The molecule has 0 spiro atoms. The zero-order valence-electron chi connectivity index (χ0n) is 11.7. The van der Waals surface area contributed by atoms with Crippen LogP contribution in [0.1, 0.15) is 40.0 Å². The lowest BCUT2D eigenvalue weighted by Gasteiger charge is -2.25. The minimum absolute atomic E-state index is 0.0482. The first-order chi connectivity index (χ1) is 8.49. The SMILES string of the molecule is CCC1NC(CC(C)C)N(CCC(=O)OC)C1=O. The van der Waals surface area contributed by atoms with E-state index in [0.717, 1.165) is 12.8 Å². The fraction of sp³-hybridized carbons (Fsp3) is 0.846. The molecule has 5 nitrogen and oxygen atoms in total. The summed E-state index contributed by atoms with van der Waals surface area (Å²) in [5, 5.41) is 3.34. The zero-order valence-corrected chi connectivity index (χ0v) is 11.7. The van der Waals surface area contributed by atoms with Gasteiger partial charge < -0.3 is 9.64 Å². The number of nitrogens with zero attached hydrogens (tertiary/aromatic N) is 1. The highest BCUT2D eigenvalue weighted by Gasteiger charge is 2.37. The van der Waals surface area contributed by atoms with Gasteiger partial charge in [0.15, 0.2) is 0 Å². The van der Waals surface area contributed by atoms with Crippen molar-refractivity contribution >= 4 is 11.9 Å². The van der Waals surface area contributed by atoms with Gasteiger partial charge in [-0.25, -0.2) is 0 Å². The number of hydrogen-bond donors (Lipinski definition) is 1. The van der Waals surface area contributed by atoms with Gasteiger partial charge in [0, 0.05) is 6.54 Å². The molecule has 1 saturated heterocycles. The summed E-state index contributed by atoms with van der Waals surface area (Å²) in [6, 6.07) is -0.105. The summed E-state index contributed by atoms with van der Waals surface area (Å²) < 4.78 is 4.62. The predicted molar refractivity (Wildman–Crippen MR) is 68.8 cm³/mol. The van der Waals surface area contributed by atoms with Crippen LogP contribution in [0.15, 0.2) is 0 Å². The minimum atomic E-state index is -0.272. The number of carbonyl (C=O) groups is 2. The predicted octanol–water partition coefficient (Wildman–Crippen LogP) is 1.13. The fourth-order valence-electron chi connectivity index (χ4n) is 2.26. The van der Waals surface area contributed by atoms with Crippen LogP contribution in [0.3, 0.4) is 0 Å². The maximum absolute atomic E-state index is 12.1. The Balaban J connectivity index is 2.63. The van der Waals surface area contributed by atoms with Crippen molar-refractivity contribution in [3.8, 4) is 0 Å². The second kappa shape index (κ2) is 6.73. The van der Waals surface area contributed by atoms with E-state index in [9.17, 15) is 9.59 Å². The molecule has 5 heteroatoms. The van der Waals surface area contributed by atoms with Gasteiger partial charge in [0.25, 0.3) is 0 Å². The lowest BCUT2D eigenvalue weighted by atomic mass is 10.1. The van der Waals surface area contributed by atoms with Gasteiger partial charge >= 0.3 is 5.97 Å². The first kappa shape index (κ1) is 15.0. The van der Waals surface area contributed by atoms with Gasteiger partial charge in [-0.15, -0.1) is 0 Å². The number of nitrogens with one attached hydrogen (secondary N) is 1. The van der Waals surface area contributed by atoms with Crippen LogP contribution in [0.2, 0.25) is 0 Å². The quantitative estimate of drug-likeness (QED) is 0.724. The van der Waals surface area contributed by atoms with Crippen LogP contribution >= 0.6 is 0 Å². The molecule has 0 aromatic rings. The highest BCUT2D eigenvalue weighted by atomic mass is 16.5. The monoisotopic (exact) mass is 256 g/mol. The number of methoxy groups -OCH3 is 1. The molecule has 0 saturated carbocycles. The Morgan fingerprint density at radius 1 is 1.50 bits per heavy atom. The van der Waals surface area contributed by atoms with E-state index < -0.39 is 0 Å². The van der Waals surface area contributed by atoms with E-state index >= 15 is 0 Å². The molecule has 1 heterocycles. The van der Waals surface area contributed by atoms with E-state index in [1.165, 1.54) is 7.11 Å². The normalized spacial score (nSPS) is 23.8. The first-order valence-electron chi connectivity index (χ1n) is 6.62. The molecular formula is C13H24N2O3. The molecule has 1 fully saturated rings. The molecule has 2 unspecified atom stereocenters.